The van der Waals surface area contributed by atoms with E-state index in [1.807, 2.05) is 0 Å². The second-order valence-corrected chi connectivity index (χ2v) is 3.21. The van der Waals surface area contributed by atoms with Crippen LogP contribution in [0.2, 0.25) is 0 Å². The zero-order valence-corrected chi connectivity index (χ0v) is 11.6. The van der Waals surface area contributed by atoms with Crippen LogP contribution < -0.4 is 0 Å². The zero-order valence-electron chi connectivity index (χ0n) is 4.21. The second kappa shape index (κ2) is 11.9. The van der Waals surface area contributed by atoms with Gasteiger partial charge in [-0.25, -0.2) is 0 Å². The van der Waals surface area contributed by atoms with E-state index in [9.17, 15) is 0 Å². The third kappa shape index (κ3) is 17.6. The summed E-state index contributed by atoms with van der Waals surface area (Å²) in [7, 11) is 1.17. The molecule has 2 radical (unpaired) electrons. The molecule has 0 unspecified atom stereocenters. The summed E-state index contributed by atoms with van der Waals surface area (Å²) < 4.78 is 0.563. The third-order valence-electron chi connectivity index (χ3n) is 0.0781. The van der Waals surface area contributed by atoms with Gasteiger partial charge in [-0.15, -0.1) is 24.3 Å². The van der Waals surface area contributed by atoms with Gasteiger partial charge in [0.2, 0.25) is 0 Å². The van der Waals surface area contributed by atoms with E-state index < -0.39 is 0 Å². The maximum absolute atomic E-state index is 4.45. The fourth-order valence-corrected chi connectivity index (χ4v) is 0. The van der Waals surface area contributed by atoms with Gasteiger partial charge >= 0.3 is 0 Å². The summed E-state index contributed by atoms with van der Waals surface area (Å²) in [4.78, 5) is 0. The fourth-order valence-electron chi connectivity index (χ4n) is 0. The summed E-state index contributed by atoms with van der Waals surface area (Å²) in [6.07, 6.45) is 0. The van der Waals surface area contributed by atoms with E-state index in [1.165, 1.54) is 10.8 Å². The van der Waals surface area contributed by atoms with Gasteiger partial charge in [0.15, 0.2) is 0 Å². The molecular weight excluding hydrogens is 186 g/mol. The third-order valence-corrected chi connectivity index (χ3v) is 2.11. The first-order valence-corrected chi connectivity index (χ1v) is 3.54. The van der Waals surface area contributed by atoms with Gasteiger partial charge in [0.25, 0.3) is 0 Å². The summed E-state index contributed by atoms with van der Waals surface area (Å²) in [5.41, 5.74) is 0. The number of hydrogen-bond donors (Lipinski definition) is 2. The van der Waals surface area contributed by atoms with Crippen LogP contribution in [0.25, 0.3) is 0 Å². The van der Waals surface area contributed by atoms with Gasteiger partial charge in [0.1, 0.15) is 3.53 Å². The summed E-state index contributed by atoms with van der Waals surface area (Å²) >= 11 is 11.9. The maximum Gasteiger partial charge on any atom is 0.111 e. The molecule has 0 saturated heterocycles. The number of rotatable bonds is 0. The average molecular weight is 188 g/mol. The van der Waals surface area contributed by atoms with Crippen molar-refractivity contribution in [2.45, 2.75) is 0 Å². The fraction of sp³-hybridized carbons (Fsp3) is 0. The Morgan fingerprint density at radius 3 is 1.57 bits per heavy atom. The molecule has 0 heterocycles. The molecule has 0 aliphatic carbocycles. The SMILES string of the molecule is S=C(S)SS.[Na].[Na]. The van der Waals surface area contributed by atoms with Crippen LogP contribution in [0.1, 0.15) is 0 Å². The molecule has 0 aliphatic heterocycles. The van der Waals surface area contributed by atoms with Gasteiger partial charge in [0, 0.05) is 59.1 Å². The van der Waals surface area contributed by atoms with Gasteiger partial charge in [-0.3, -0.25) is 0 Å². The molecular formula is CH2Na2S4. The molecule has 0 spiro atoms. The van der Waals surface area contributed by atoms with Crippen LogP contribution in [0.15, 0.2) is 0 Å². The van der Waals surface area contributed by atoms with Gasteiger partial charge in [-0.05, 0) is 10.8 Å². The molecule has 0 bridgehead atoms. The topological polar surface area (TPSA) is 0 Å². The molecule has 0 aromatic heterocycles. The van der Waals surface area contributed by atoms with Crippen LogP contribution in [0.5, 0.6) is 0 Å². The summed E-state index contributed by atoms with van der Waals surface area (Å²) in [5, 5.41) is 0. The van der Waals surface area contributed by atoms with Gasteiger partial charge in [-0.2, -0.15) is 0 Å². The van der Waals surface area contributed by atoms with Crippen molar-refractivity contribution in [3.63, 3.8) is 0 Å². The Kier molecular flexibility index (Phi) is 28.2. The number of hydrogen-bond acceptors (Lipinski definition) is 3. The summed E-state index contributed by atoms with van der Waals surface area (Å²) in [6, 6.07) is 0. The van der Waals surface area contributed by atoms with Crippen LogP contribution >= 0.6 is 47.3 Å². The van der Waals surface area contributed by atoms with Crippen molar-refractivity contribution < 1.29 is 0 Å². The predicted octanol–water partition coefficient (Wildman–Crippen LogP) is 1.02. The van der Waals surface area contributed by atoms with E-state index in [2.05, 4.69) is 36.5 Å². The Bertz CT molecular complexity index is 45.0. The molecule has 32 valence electrons. The molecule has 6 heteroatoms. The van der Waals surface area contributed by atoms with Crippen LogP contribution in [0, 0.1) is 0 Å². The van der Waals surface area contributed by atoms with Crippen molar-refractivity contribution in [3.05, 3.63) is 0 Å². The van der Waals surface area contributed by atoms with Crippen molar-refractivity contribution >= 4 is 110 Å². The van der Waals surface area contributed by atoms with Gasteiger partial charge in [-0.1, -0.05) is 12.2 Å². The largest absolute Gasteiger partial charge is 0.124 e. The summed E-state index contributed by atoms with van der Waals surface area (Å²) in [6.45, 7) is 0. The monoisotopic (exact) mass is 188 g/mol. The molecule has 0 saturated carbocycles. The quantitative estimate of drug-likeness (QED) is 0.252. The van der Waals surface area contributed by atoms with E-state index in [1.54, 1.807) is 0 Å². The Morgan fingerprint density at radius 2 is 1.57 bits per heavy atom. The van der Waals surface area contributed by atoms with Crippen LogP contribution in [0.4, 0.5) is 0 Å². The van der Waals surface area contributed by atoms with Crippen LogP contribution in [0.3, 0.4) is 0 Å². The number of thiocarbonyl (C=S) groups is 1. The van der Waals surface area contributed by atoms with Crippen molar-refractivity contribution in [2.75, 3.05) is 0 Å². The first-order chi connectivity index (χ1) is 2.27. The first kappa shape index (κ1) is 16.6. The van der Waals surface area contributed by atoms with E-state index in [4.69, 9.17) is 0 Å². The van der Waals surface area contributed by atoms with E-state index in [0.717, 1.165) is 0 Å². The van der Waals surface area contributed by atoms with Crippen molar-refractivity contribution in [1.82, 2.24) is 0 Å². The van der Waals surface area contributed by atoms with Crippen LogP contribution in [-0.4, -0.2) is 62.6 Å². The molecule has 0 N–H and O–H groups in total. The minimum Gasteiger partial charge on any atom is -0.124 e. The molecule has 0 fully saturated rings. The van der Waals surface area contributed by atoms with Gasteiger partial charge in [0.05, 0.1) is 0 Å². The van der Waals surface area contributed by atoms with Crippen molar-refractivity contribution in [1.29, 1.82) is 0 Å². The normalized spacial score (nSPS) is 5.43. The van der Waals surface area contributed by atoms with E-state index in [-0.39, 0.29) is 59.1 Å². The van der Waals surface area contributed by atoms with E-state index in [0.29, 0.717) is 3.53 Å². The van der Waals surface area contributed by atoms with E-state index >= 15 is 0 Å². The summed E-state index contributed by atoms with van der Waals surface area (Å²) in [5.74, 6) is 0. The molecule has 0 aliphatic rings. The molecule has 7 heavy (non-hydrogen) atoms. The molecule has 0 nitrogen and oxygen atoms in total. The minimum atomic E-state index is 0. The molecule has 0 atom stereocenters. The van der Waals surface area contributed by atoms with Crippen molar-refractivity contribution in [2.24, 2.45) is 0 Å². The first-order valence-electron chi connectivity index (χ1n) is 0.814. The van der Waals surface area contributed by atoms with Crippen molar-refractivity contribution in [3.8, 4) is 0 Å². The average Bonchev–Trinajstić information content (AvgIpc) is 1.38. The van der Waals surface area contributed by atoms with Gasteiger partial charge < -0.3 is 0 Å². The Balaban J connectivity index is -0.0000000800. The Hall–Kier alpha value is 3.14. The predicted molar refractivity (Wildman–Crippen MR) is 49.7 cm³/mol. The molecule has 0 aromatic rings. The number of thiol groups is 2. The molecule has 0 rings (SSSR count). The Labute approximate surface area is 108 Å². The smallest absolute Gasteiger partial charge is 0.111 e. The standard InChI is InChI=1S/CH2S4.2Na/c2-1(3)5-4;;/h4H,(H,2,3);;. The maximum atomic E-state index is 4.45. The second-order valence-electron chi connectivity index (χ2n) is 0.357. The molecule has 0 aromatic carbocycles. The van der Waals surface area contributed by atoms with Crippen LogP contribution in [-0.2, 0) is 0 Å². The molecule has 0 amide bonds. The Morgan fingerprint density at radius 1 is 1.43 bits per heavy atom. The zero-order chi connectivity index (χ0) is 4.28. The minimum absolute atomic E-state index is 0.